The van der Waals surface area contributed by atoms with E-state index in [-0.39, 0.29) is 24.8 Å². The Balaban J connectivity index is 0.000000837. The fourth-order valence-corrected chi connectivity index (χ4v) is 3.03. The van der Waals surface area contributed by atoms with Crippen molar-refractivity contribution in [2.45, 2.75) is 26.3 Å². The highest BCUT2D eigenvalue weighted by Crippen LogP contribution is 2.26. The van der Waals surface area contributed by atoms with Crippen molar-refractivity contribution in [2.24, 2.45) is 0 Å². The number of carbonyl (C=O) groups is 4. The molecule has 32 heavy (non-hydrogen) atoms. The molecule has 1 heterocycles. The molecular weight excluding hydrogens is 414 g/mol. The Morgan fingerprint density at radius 2 is 1.66 bits per heavy atom. The number of esters is 1. The third kappa shape index (κ3) is 6.31. The number of aliphatic carboxylic acids is 1. The zero-order chi connectivity index (χ0) is 23.8. The Bertz CT molecular complexity index is 966. The van der Waals surface area contributed by atoms with Gasteiger partial charge in [0.2, 0.25) is 5.91 Å². The Labute approximate surface area is 186 Å². The number of rotatable bonds is 6. The maximum absolute atomic E-state index is 12.8. The fraction of sp³-hybridized carbons (Fsp3) is 0.304. The quantitative estimate of drug-likeness (QED) is 0.519. The van der Waals surface area contributed by atoms with Gasteiger partial charge in [-0.05, 0) is 55.5 Å². The summed E-state index contributed by atoms with van der Waals surface area (Å²) in [4.78, 5) is 49.1. The number of carboxylic acid groups (broad SMARTS) is 1. The first-order valence-corrected chi connectivity index (χ1v) is 10.0. The van der Waals surface area contributed by atoms with E-state index in [0.717, 1.165) is 23.2 Å². The summed E-state index contributed by atoms with van der Waals surface area (Å²) in [7, 11) is 3.90. The van der Waals surface area contributed by atoms with Crippen molar-refractivity contribution in [2.75, 3.05) is 35.8 Å². The van der Waals surface area contributed by atoms with Gasteiger partial charge >= 0.3 is 5.97 Å². The zero-order valence-electron chi connectivity index (χ0n) is 18.5. The van der Waals surface area contributed by atoms with Crippen LogP contribution in [0.4, 0.5) is 17.1 Å². The number of carboxylic acids is 1. The van der Waals surface area contributed by atoms with Crippen molar-refractivity contribution in [3.8, 4) is 0 Å². The first kappa shape index (κ1) is 24.4. The number of nitrogens with zero attached hydrogens (tertiary/aromatic N) is 2. The molecular formula is C23H27N3O6. The minimum atomic E-state index is -0.833. The summed E-state index contributed by atoms with van der Waals surface area (Å²) in [5.41, 5.74) is 2.63. The third-order valence-corrected chi connectivity index (χ3v) is 4.51. The standard InChI is InChI=1S/C21H23N3O4.C2H4O2/c1-4-28-21(27)14-5-9-17(10-6-14)24-19(25)13-18(20(24)26)22-15-7-11-16(12-8-15)23(2)3;1-2(3)4/h5-12,18,22H,4,13H2,1-3H3;1H3,(H,3,4). The Morgan fingerprint density at radius 1 is 1.09 bits per heavy atom. The second kappa shape index (κ2) is 10.9. The molecule has 1 atom stereocenters. The number of ether oxygens (including phenoxy) is 1. The second-order valence-electron chi connectivity index (χ2n) is 7.20. The van der Waals surface area contributed by atoms with Gasteiger partial charge in [-0.3, -0.25) is 14.4 Å². The maximum atomic E-state index is 12.8. The summed E-state index contributed by atoms with van der Waals surface area (Å²) in [6, 6.07) is 13.3. The van der Waals surface area contributed by atoms with Crippen LogP contribution in [-0.2, 0) is 19.1 Å². The smallest absolute Gasteiger partial charge is 0.338 e. The van der Waals surface area contributed by atoms with Gasteiger partial charge < -0.3 is 20.1 Å². The molecule has 0 spiro atoms. The highest BCUT2D eigenvalue weighted by atomic mass is 16.5. The van der Waals surface area contributed by atoms with Crippen molar-refractivity contribution >= 4 is 40.8 Å². The van der Waals surface area contributed by atoms with E-state index in [1.807, 2.05) is 43.3 Å². The summed E-state index contributed by atoms with van der Waals surface area (Å²) < 4.78 is 4.94. The van der Waals surface area contributed by atoms with Crippen LogP contribution in [0.15, 0.2) is 48.5 Å². The fourth-order valence-electron chi connectivity index (χ4n) is 3.03. The molecule has 0 saturated carbocycles. The highest BCUT2D eigenvalue weighted by molar-refractivity contribution is 6.23. The van der Waals surface area contributed by atoms with Crippen molar-refractivity contribution in [3.05, 3.63) is 54.1 Å². The van der Waals surface area contributed by atoms with Gasteiger partial charge in [0.1, 0.15) is 6.04 Å². The Kier molecular flexibility index (Phi) is 8.34. The lowest BCUT2D eigenvalue weighted by Crippen LogP contribution is -2.34. The van der Waals surface area contributed by atoms with Crippen LogP contribution in [0, 0.1) is 0 Å². The normalized spacial score (nSPS) is 15.0. The summed E-state index contributed by atoms with van der Waals surface area (Å²) >= 11 is 0. The Hall–Kier alpha value is -3.88. The van der Waals surface area contributed by atoms with E-state index in [0.29, 0.717) is 11.3 Å². The number of benzene rings is 2. The van der Waals surface area contributed by atoms with Crippen molar-refractivity contribution < 1.29 is 29.0 Å². The van der Waals surface area contributed by atoms with Gasteiger partial charge in [0.15, 0.2) is 0 Å². The van der Waals surface area contributed by atoms with Crippen LogP contribution < -0.4 is 15.1 Å². The lowest BCUT2D eigenvalue weighted by Gasteiger charge is -2.17. The van der Waals surface area contributed by atoms with Crippen molar-refractivity contribution in [1.82, 2.24) is 0 Å². The second-order valence-corrected chi connectivity index (χ2v) is 7.20. The molecule has 2 aromatic carbocycles. The third-order valence-electron chi connectivity index (χ3n) is 4.51. The van der Waals surface area contributed by atoms with Crippen LogP contribution in [0.5, 0.6) is 0 Å². The topological polar surface area (TPSA) is 116 Å². The summed E-state index contributed by atoms with van der Waals surface area (Å²) in [6.45, 7) is 3.10. The van der Waals surface area contributed by atoms with Gasteiger partial charge in [0, 0.05) is 32.4 Å². The highest BCUT2D eigenvalue weighted by Gasteiger charge is 2.39. The molecule has 0 aromatic heterocycles. The molecule has 170 valence electrons. The van der Waals surface area contributed by atoms with Crippen LogP contribution >= 0.6 is 0 Å². The van der Waals surface area contributed by atoms with Crippen LogP contribution in [0.25, 0.3) is 0 Å². The molecule has 1 saturated heterocycles. The van der Waals surface area contributed by atoms with Gasteiger partial charge in [0.25, 0.3) is 11.9 Å². The first-order valence-electron chi connectivity index (χ1n) is 10.0. The van der Waals surface area contributed by atoms with E-state index in [9.17, 15) is 14.4 Å². The molecule has 1 aliphatic rings. The molecule has 2 N–H and O–H groups in total. The minimum absolute atomic E-state index is 0.0773. The van der Waals surface area contributed by atoms with Gasteiger partial charge in [-0.15, -0.1) is 0 Å². The van der Waals surface area contributed by atoms with Crippen LogP contribution in [-0.4, -0.2) is 55.6 Å². The zero-order valence-corrected chi connectivity index (χ0v) is 18.5. The molecule has 2 amide bonds. The summed E-state index contributed by atoms with van der Waals surface area (Å²) in [6.07, 6.45) is 0.0773. The largest absolute Gasteiger partial charge is 0.481 e. The molecule has 1 aliphatic heterocycles. The number of carbonyl (C=O) groups excluding carboxylic acids is 3. The monoisotopic (exact) mass is 441 g/mol. The predicted octanol–water partition coefficient (Wildman–Crippen LogP) is 2.76. The van der Waals surface area contributed by atoms with Crippen LogP contribution in [0.2, 0.25) is 0 Å². The number of amides is 2. The molecule has 2 aromatic rings. The van der Waals surface area contributed by atoms with Crippen molar-refractivity contribution in [3.63, 3.8) is 0 Å². The lowest BCUT2D eigenvalue weighted by molar-refractivity contribution is -0.134. The van der Waals surface area contributed by atoms with E-state index < -0.39 is 18.0 Å². The van der Waals surface area contributed by atoms with Crippen molar-refractivity contribution in [1.29, 1.82) is 0 Å². The molecule has 9 heteroatoms. The maximum Gasteiger partial charge on any atom is 0.338 e. The average molecular weight is 441 g/mol. The summed E-state index contributed by atoms with van der Waals surface area (Å²) in [5.74, 6) is -1.87. The van der Waals surface area contributed by atoms with Gasteiger partial charge in [-0.25, -0.2) is 9.69 Å². The first-order chi connectivity index (χ1) is 15.1. The van der Waals surface area contributed by atoms with E-state index in [1.54, 1.807) is 31.2 Å². The molecule has 9 nitrogen and oxygen atoms in total. The minimum Gasteiger partial charge on any atom is -0.481 e. The average Bonchev–Trinajstić information content (AvgIpc) is 3.01. The Morgan fingerprint density at radius 3 is 2.16 bits per heavy atom. The van der Waals surface area contributed by atoms with E-state index in [1.165, 1.54) is 0 Å². The number of anilines is 3. The van der Waals surface area contributed by atoms with E-state index >= 15 is 0 Å². The van der Waals surface area contributed by atoms with Gasteiger partial charge in [-0.1, -0.05) is 0 Å². The number of nitrogens with one attached hydrogen (secondary N) is 1. The SMILES string of the molecule is CC(=O)O.CCOC(=O)c1ccc(N2C(=O)CC(Nc3ccc(N(C)C)cc3)C2=O)cc1. The molecule has 0 aliphatic carbocycles. The van der Waals surface area contributed by atoms with Crippen LogP contribution in [0.3, 0.4) is 0 Å². The molecule has 3 rings (SSSR count). The molecule has 1 unspecified atom stereocenters. The molecule has 0 radical (unpaired) electrons. The molecule has 0 bridgehead atoms. The molecule has 1 fully saturated rings. The number of imide groups is 1. The van der Waals surface area contributed by atoms with Gasteiger partial charge in [-0.2, -0.15) is 0 Å². The predicted molar refractivity (Wildman–Crippen MR) is 121 cm³/mol. The van der Waals surface area contributed by atoms with E-state index in [4.69, 9.17) is 14.6 Å². The number of hydrogen-bond donors (Lipinski definition) is 2. The summed E-state index contributed by atoms with van der Waals surface area (Å²) in [5, 5.41) is 10.5. The van der Waals surface area contributed by atoms with Crippen LogP contribution in [0.1, 0.15) is 30.6 Å². The lowest BCUT2D eigenvalue weighted by atomic mass is 10.2. The van der Waals surface area contributed by atoms with E-state index in [2.05, 4.69) is 5.32 Å². The van der Waals surface area contributed by atoms with Gasteiger partial charge in [0.05, 0.1) is 24.3 Å². The number of hydrogen-bond acceptors (Lipinski definition) is 7.